The Bertz CT molecular complexity index is 545. The van der Waals surface area contributed by atoms with Crippen LogP contribution in [0.4, 0.5) is 16.2 Å². The summed E-state index contributed by atoms with van der Waals surface area (Å²) in [5.41, 5.74) is 8.39. The molecule has 1 aliphatic rings. The summed E-state index contributed by atoms with van der Waals surface area (Å²) in [6, 6.07) is 7.87. The van der Waals surface area contributed by atoms with Gasteiger partial charge in [-0.15, -0.1) is 0 Å². The van der Waals surface area contributed by atoms with Crippen LogP contribution in [-0.4, -0.2) is 43.8 Å². The number of anilines is 2. The van der Waals surface area contributed by atoms with Gasteiger partial charge < -0.3 is 20.3 Å². The molecular formula is C15H20N4O2. The first kappa shape index (κ1) is 15.0. The number of piperazine rings is 1. The van der Waals surface area contributed by atoms with Gasteiger partial charge in [0.1, 0.15) is 0 Å². The number of carbonyl (C=O) groups excluding carboxylic acids is 1. The molecule has 0 aromatic heterocycles. The van der Waals surface area contributed by atoms with Gasteiger partial charge in [0.05, 0.1) is 19.1 Å². The van der Waals surface area contributed by atoms with Gasteiger partial charge >= 0.3 is 6.09 Å². The van der Waals surface area contributed by atoms with E-state index in [1.165, 1.54) is 0 Å². The van der Waals surface area contributed by atoms with Gasteiger partial charge in [-0.05, 0) is 30.7 Å². The maximum absolute atomic E-state index is 11.7. The summed E-state index contributed by atoms with van der Waals surface area (Å²) in [6.07, 6.45) is 0.0577. The zero-order chi connectivity index (χ0) is 15.2. The van der Waals surface area contributed by atoms with Gasteiger partial charge in [-0.3, -0.25) is 0 Å². The van der Waals surface area contributed by atoms with Gasteiger partial charge in [0.2, 0.25) is 0 Å². The number of nitrogens with two attached hydrogens (primary N) is 1. The number of rotatable bonds is 3. The maximum Gasteiger partial charge on any atom is 0.409 e. The van der Waals surface area contributed by atoms with E-state index in [1.54, 1.807) is 11.8 Å². The number of nitrogens with zero attached hydrogens (tertiary/aromatic N) is 3. The van der Waals surface area contributed by atoms with Crippen LogP contribution in [-0.2, 0) is 11.2 Å². The molecule has 2 N–H and O–H groups in total. The summed E-state index contributed by atoms with van der Waals surface area (Å²) in [4.78, 5) is 15.6. The minimum Gasteiger partial charge on any atom is -0.450 e. The van der Waals surface area contributed by atoms with Gasteiger partial charge in [0.25, 0.3) is 0 Å². The van der Waals surface area contributed by atoms with Crippen molar-refractivity contribution >= 4 is 17.5 Å². The molecule has 6 nitrogen and oxygen atoms in total. The van der Waals surface area contributed by atoms with Crippen molar-refractivity contribution in [3.8, 4) is 6.07 Å². The zero-order valence-corrected chi connectivity index (χ0v) is 12.2. The molecule has 0 aliphatic carbocycles. The van der Waals surface area contributed by atoms with Crippen molar-refractivity contribution in [1.82, 2.24) is 4.90 Å². The van der Waals surface area contributed by atoms with Gasteiger partial charge in [-0.25, -0.2) is 4.79 Å². The first-order valence-electron chi connectivity index (χ1n) is 7.07. The number of benzene rings is 1. The normalized spacial score (nSPS) is 14.7. The summed E-state index contributed by atoms with van der Waals surface area (Å²) in [5, 5.41) is 8.81. The highest BCUT2D eigenvalue weighted by Gasteiger charge is 2.22. The van der Waals surface area contributed by atoms with Gasteiger partial charge in [0, 0.05) is 37.6 Å². The van der Waals surface area contributed by atoms with E-state index in [1.807, 2.05) is 18.2 Å². The molecule has 1 aliphatic heterocycles. The van der Waals surface area contributed by atoms with Crippen molar-refractivity contribution in [3.05, 3.63) is 23.8 Å². The fourth-order valence-electron chi connectivity index (χ4n) is 2.39. The molecule has 6 heteroatoms. The largest absolute Gasteiger partial charge is 0.450 e. The second-order valence-corrected chi connectivity index (χ2v) is 4.89. The third-order valence-corrected chi connectivity index (χ3v) is 3.57. The van der Waals surface area contributed by atoms with Crippen LogP contribution < -0.4 is 10.6 Å². The molecule has 0 radical (unpaired) electrons. The topological polar surface area (TPSA) is 82.6 Å². The van der Waals surface area contributed by atoms with E-state index in [0.29, 0.717) is 31.8 Å². The van der Waals surface area contributed by atoms with Crippen molar-refractivity contribution in [2.75, 3.05) is 43.4 Å². The summed E-state index contributed by atoms with van der Waals surface area (Å²) in [5.74, 6) is 0. The summed E-state index contributed by atoms with van der Waals surface area (Å²) in [6.45, 7) is 4.96. The molecule has 1 saturated heterocycles. The maximum atomic E-state index is 11.7. The molecule has 1 fully saturated rings. The van der Waals surface area contributed by atoms with Crippen LogP contribution in [0.3, 0.4) is 0 Å². The molecule has 0 spiro atoms. The van der Waals surface area contributed by atoms with Gasteiger partial charge in [-0.1, -0.05) is 0 Å². The lowest BCUT2D eigenvalue weighted by atomic mass is 10.1. The van der Waals surface area contributed by atoms with E-state index in [4.69, 9.17) is 15.7 Å². The third kappa shape index (κ3) is 3.57. The molecule has 112 valence electrons. The highest BCUT2D eigenvalue weighted by Crippen LogP contribution is 2.23. The first-order chi connectivity index (χ1) is 10.2. The Kier molecular flexibility index (Phi) is 4.88. The van der Waals surface area contributed by atoms with E-state index >= 15 is 0 Å². The Labute approximate surface area is 124 Å². The number of nitriles is 1. The SMILES string of the molecule is CCOC(=O)N1CCN(c2ccc(N)c(CC#N)c2)CC1. The predicted molar refractivity (Wildman–Crippen MR) is 81.0 cm³/mol. The monoisotopic (exact) mass is 288 g/mol. The second kappa shape index (κ2) is 6.84. The molecule has 1 heterocycles. The Balaban J connectivity index is 2.01. The molecule has 1 aromatic carbocycles. The number of carbonyl (C=O) groups is 1. The van der Waals surface area contributed by atoms with E-state index in [9.17, 15) is 4.79 Å². The minimum absolute atomic E-state index is 0.250. The summed E-state index contributed by atoms with van der Waals surface area (Å²) in [7, 11) is 0. The molecule has 0 unspecified atom stereocenters. The molecule has 1 amide bonds. The number of nitrogen functional groups attached to an aromatic ring is 1. The number of hydrogen-bond donors (Lipinski definition) is 1. The molecular weight excluding hydrogens is 268 g/mol. The predicted octanol–water partition coefficient (Wildman–Crippen LogP) is 1.61. The lowest BCUT2D eigenvalue weighted by Gasteiger charge is -2.35. The van der Waals surface area contributed by atoms with Crippen LogP contribution >= 0.6 is 0 Å². The third-order valence-electron chi connectivity index (χ3n) is 3.57. The summed E-state index contributed by atoms with van der Waals surface area (Å²) < 4.78 is 5.00. The number of hydrogen-bond acceptors (Lipinski definition) is 5. The van der Waals surface area contributed by atoms with Crippen LogP contribution in [0.2, 0.25) is 0 Å². The highest BCUT2D eigenvalue weighted by molar-refractivity contribution is 5.68. The molecule has 0 atom stereocenters. The van der Waals surface area contributed by atoms with Crippen molar-refractivity contribution in [2.45, 2.75) is 13.3 Å². The van der Waals surface area contributed by atoms with E-state index < -0.39 is 0 Å². The smallest absolute Gasteiger partial charge is 0.409 e. The Hall–Kier alpha value is -2.42. The highest BCUT2D eigenvalue weighted by atomic mass is 16.6. The van der Waals surface area contributed by atoms with Crippen molar-refractivity contribution in [3.63, 3.8) is 0 Å². The Morgan fingerprint density at radius 3 is 2.71 bits per heavy atom. The molecule has 0 saturated carbocycles. The fourth-order valence-corrected chi connectivity index (χ4v) is 2.39. The molecule has 21 heavy (non-hydrogen) atoms. The van der Waals surface area contributed by atoms with Crippen LogP contribution in [0.1, 0.15) is 12.5 Å². The second-order valence-electron chi connectivity index (χ2n) is 4.89. The summed E-state index contributed by atoms with van der Waals surface area (Å²) >= 11 is 0. The van der Waals surface area contributed by atoms with Crippen LogP contribution in [0.25, 0.3) is 0 Å². The van der Waals surface area contributed by atoms with E-state index in [2.05, 4.69) is 11.0 Å². The average molecular weight is 288 g/mol. The van der Waals surface area contributed by atoms with Crippen molar-refractivity contribution in [2.24, 2.45) is 0 Å². The van der Waals surface area contributed by atoms with Crippen molar-refractivity contribution < 1.29 is 9.53 Å². The number of amides is 1. The lowest BCUT2D eigenvalue weighted by molar-refractivity contribution is 0.105. The number of ether oxygens (including phenoxy) is 1. The quantitative estimate of drug-likeness (QED) is 0.854. The fraction of sp³-hybridized carbons (Fsp3) is 0.467. The Morgan fingerprint density at radius 1 is 1.38 bits per heavy atom. The standard InChI is InChI=1S/C15H20N4O2/c1-2-21-15(20)19-9-7-18(8-10-19)13-3-4-14(17)12(11-13)5-6-16/h3-4,11H,2,5,7-10,17H2,1H3. The van der Waals surface area contributed by atoms with Gasteiger partial charge in [0.15, 0.2) is 0 Å². The zero-order valence-electron chi connectivity index (χ0n) is 12.2. The Morgan fingerprint density at radius 2 is 2.10 bits per heavy atom. The first-order valence-corrected chi connectivity index (χ1v) is 7.07. The molecule has 2 rings (SSSR count). The lowest BCUT2D eigenvalue weighted by Crippen LogP contribution is -2.49. The molecule has 0 bridgehead atoms. The minimum atomic E-state index is -0.250. The molecule has 1 aromatic rings. The van der Waals surface area contributed by atoms with Gasteiger partial charge in [-0.2, -0.15) is 5.26 Å². The van der Waals surface area contributed by atoms with Crippen LogP contribution in [0.15, 0.2) is 18.2 Å². The van der Waals surface area contributed by atoms with Crippen LogP contribution in [0.5, 0.6) is 0 Å². The van der Waals surface area contributed by atoms with Crippen LogP contribution in [0, 0.1) is 11.3 Å². The van der Waals surface area contributed by atoms with Crippen molar-refractivity contribution in [1.29, 1.82) is 5.26 Å². The van der Waals surface area contributed by atoms with E-state index in [-0.39, 0.29) is 6.09 Å². The van der Waals surface area contributed by atoms with E-state index in [0.717, 1.165) is 24.3 Å². The average Bonchev–Trinajstić information content (AvgIpc) is 2.50.